The predicted octanol–water partition coefficient (Wildman–Crippen LogP) is 2.52. The molecule has 1 aromatic heterocycles. The molecule has 0 spiro atoms. The maximum Gasteiger partial charge on any atom is 0.271 e. The number of nitrogens with zero attached hydrogens (tertiary/aromatic N) is 2. The summed E-state index contributed by atoms with van der Waals surface area (Å²) in [5, 5.41) is 6.30. The summed E-state index contributed by atoms with van der Waals surface area (Å²) in [7, 11) is 0. The van der Waals surface area contributed by atoms with Crippen LogP contribution in [0.3, 0.4) is 0 Å². The zero-order chi connectivity index (χ0) is 15.9. The van der Waals surface area contributed by atoms with E-state index in [0.29, 0.717) is 11.5 Å². The molecule has 1 amide bonds. The number of aromatic nitrogens is 2. The molecule has 2 aliphatic rings. The average Bonchev–Trinajstić information content (AvgIpc) is 2.97. The molecular weight excluding hydrogens is 292 g/mol. The van der Waals surface area contributed by atoms with Gasteiger partial charge in [0.05, 0.1) is 18.5 Å². The molecule has 126 valence electrons. The van der Waals surface area contributed by atoms with E-state index >= 15 is 0 Å². The molecule has 3 rings (SSSR count). The lowest BCUT2D eigenvalue weighted by molar-refractivity contribution is 0.0928. The Morgan fingerprint density at radius 2 is 1.91 bits per heavy atom. The van der Waals surface area contributed by atoms with E-state index in [1.54, 1.807) is 12.4 Å². The van der Waals surface area contributed by atoms with Crippen LogP contribution in [-0.4, -0.2) is 41.2 Å². The van der Waals surface area contributed by atoms with Gasteiger partial charge in [-0.05, 0) is 25.7 Å². The van der Waals surface area contributed by atoms with Gasteiger partial charge in [-0.15, -0.1) is 0 Å². The van der Waals surface area contributed by atoms with E-state index in [-0.39, 0.29) is 18.1 Å². The highest BCUT2D eigenvalue weighted by molar-refractivity contribution is 5.92. The maximum absolute atomic E-state index is 12.2. The van der Waals surface area contributed by atoms with Gasteiger partial charge in [0.1, 0.15) is 11.5 Å². The van der Waals surface area contributed by atoms with Crippen molar-refractivity contribution in [3.05, 3.63) is 18.1 Å². The van der Waals surface area contributed by atoms with Gasteiger partial charge in [-0.2, -0.15) is 0 Å². The van der Waals surface area contributed by atoms with Crippen LogP contribution in [0.2, 0.25) is 0 Å². The quantitative estimate of drug-likeness (QED) is 0.816. The number of carbonyl (C=O) groups is 1. The van der Waals surface area contributed by atoms with Crippen LogP contribution in [0.1, 0.15) is 61.9 Å². The van der Waals surface area contributed by atoms with Crippen LogP contribution in [0.15, 0.2) is 12.4 Å². The van der Waals surface area contributed by atoms with E-state index in [1.807, 2.05) is 0 Å². The van der Waals surface area contributed by atoms with Crippen LogP contribution in [-0.2, 0) is 4.74 Å². The van der Waals surface area contributed by atoms with Gasteiger partial charge < -0.3 is 15.4 Å². The van der Waals surface area contributed by atoms with Crippen LogP contribution in [0.5, 0.6) is 0 Å². The van der Waals surface area contributed by atoms with Gasteiger partial charge in [0, 0.05) is 19.2 Å². The van der Waals surface area contributed by atoms with Crippen LogP contribution < -0.4 is 10.6 Å². The zero-order valence-electron chi connectivity index (χ0n) is 13.6. The summed E-state index contributed by atoms with van der Waals surface area (Å²) in [6.45, 7) is 1.58. The SMILES string of the molecule is O=C(NC1CCCCCC1)c1cnc(NCC2CCCO2)cn1. The molecule has 1 unspecified atom stereocenters. The normalized spacial score (nSPS) is 22.5. The Labute approximate surface area is 137 Å². The first kappa shape index (κ1) is 16.2. The number of hydrogen-bond donors (Lipinski definition) is 2. The van der Waals surface area contributed by atoms with Crippen molar-refractivity contribution in [1.82, 2.24) is 15.3 Å². The third-order valence-electron chi connectivity index (χ3n) is 4.61. The highest BCUT2D eigenvalue weighted by Crippen LogP contribution is 2.17. The first-order valence-electron chi connectivity index (χ1n) is 8.79. The van der Waals surface area contributed by atoms with Gasteiger partial charge in [0.25, 0.3) is 5.91 Å². The smallest absolute Gasteiger partial charge is 0.271 e. The molecule has 2 heterocycles. The second-order valence-corrected chi connectivity index (χ2v) is 6.46. The molecule has 0 bridgehead atoms. The van der Waals surface area contributed by atoms with Gasteiger partial charge in [-0.25, -0.2) is 9.97 Å². The lowest BCUT2D eigenvalue weighted by atomic mass is 10.1. The summed E-state index contributed by atoms with van der Waals surface area (Å²) >= 11 is 0. The standard InChI is InChI=1S/C17H26N4O2/c22-17(21-13-6-3-1-2-4-7-13)15-11-20-16(12-18-15)19-10-14-8-5-9-23-14/h11-14H,1-10H2,(H,19,20)(H,21,22). The second kappa shape index (κ2) is 8.24. The van der Waals surface area contributed by atoms with Crippen LogP contribution in [0.25, 0.3) is 0 Å². The summed E-state index contributed by atoms with van der Waals surface area (Å²) in [6, 6.07) is 0.282. The minimum atomic E-state index is -0.116. The number of hydrogen-bond acceptors (Lipinski definition) is 5. The summed E-state index contributed by atoms with van der Waals surface area (Å²) < 4.78 is 5.56. The largest absolute Gasteiger partial charge is 0.376 e. The lowest BCUT2D eigenvalue weighted by Crippen LogP contribution is -2.35. The molecule has 0 radical (unpaired) electrons. The molecule has 6 heteroatoms. The summed E-state index contributed by atoms with van der Waals surface area (Å²) in [6.07, 6.45) is 12.7. The molecule has 23 heavy (non-hydrogen) atoms. The summed E-state index contributed by atoms with van der Waals surface area (Å²) in [4.78, 5) is 20.8. The van der Waals surface area contributed by atoms with E-state index < -0.39 is 0 Å². The van der Waals surface area contributed by atoms with Crippen molar-refractivity contribution < 1.29 is 9.53 Å². The number of ether oxygens (including phenoxy) is 1. The Hall–Kier alpha value is -1.69. The molecule has 1 atom stereocenters. The molecule has 1 aliphatic heterocycles. The highest BCUT2D eigenvalue weighted by atomic mass is 16.5. The van der Waals surface area contributed by atoms with Gasteiger partial charge >= 0.3 is 0 Å². The van der Waals surface area contributed by atoms with Crippen molar-refractivity contribution in [3.63, 3.8) is 0 Å². The summed E-state index contributed by atoms with van der Waals surface area (Å²) in [5.41, 5.74) is 0.386. The number of amides is 1. The molecular formula is C17H26N4O2. The minimum absolute atomic E-state index is 0.116. The molecule has 1 saturated heterocycles. The van der Waals surface area contributed by atoms with Crippen molar-refractivity contribution in [2.45, 2.75) is 63.5 Å². The third kappa shape index (κ3) is 4.89. The lowest BCUT2D eigenvalue weighted by Gasteiger charge is -2.16. The van der Waals surface area contributed by atoms with E-state index in [2.05, 4.69) is 20.6 Å². The van der Waals surface area contributed by atoms with E-state index in [1.165, 1.54) is 25.7 Å². The topological polar surface area (TPSA) is 76.1 Å². The molecule has 0 aromatic carbocycles. The van der Waals surface area contributed by atoms with Crippen LogP contribution in [0.4, 0.5) is 5.82 Å². The van der Waals surface area contributed by atoms with Crippen LogP contribution in [0, 0.1) is 0 Å². The maximum atomic E-state index is 12.2. The molecule has 2 fully saturated rings. The van der Waals surface area contributed by atoms with Crippen molar-refractivity contribution in [1.29, 1.82) is 0 Å². The van der Waals surface area contributed by atoms with Crippen LogP contribution >= 0.6 is 0 Å². The fourth-order valence-corrected chi connectivity index (χ4v) is 3.24. The Morgan fingerprint density at radius 1 is 1.09 bits per heavy atom. The first-order valence-corrected chi connectivity index (χ1v) is 8.79. The first-order chi connectivity index (χ1) is 11.3. The number of carbonyl (C=O) groups excluding carboxylic acids is 1. The summed E-state index contributed by atoms with van der Waals surface area (Å²) in [5.74, 6) is 0.571. The average molecular weight is 318 g/mol. The third-order valence-corrected chi connectivity index (χ3v) is 4.61. The van der Waals surface area contributed by atoms with Gasteiger partial charge in [0.2, 0.25) is 0 Å². The highest BCUT2D eigenvalue weighted by Gasteiger charge is 2.17. The minimum Gasteiger partial charge on any atom is -0.376 e. The van der Waals surface area contributed by atoms with Crippen molar-refractivity contribution in [3.8, 4) is 0 Å². The molecule has 1 aliphatic carbocycles. The van der Waals surface area contributed by atoms with Crippen molar-refractivity contribution in [2.24, 2.45) is 0 Å². The number of anilines is 1. The fourth-order valence-electron chi connectivity index (χ4n) is 3.24. The van der Waals surface area contributed by atoms with Gasteiger partial charge in [0.15, 0.2) is 0 Å². The Balaban J connectivity index is 1.48. The Kier molecular flexibility index (Phi) is 5.80. The molecule has 6 nitrogen and oxygen atoms in total. The van der Waals surface area contributed by atoms with Gasteiger partial charge in [-0.3, -0.25) is 4.79 Å². The van der Waals surface area contributed by atoms with E-state index in [4.69, 9.17) is 4.74 Å². The Bertz CT molecular complexity index is 492. The fraction of sp³-hybridized carbons (Fsp3) is 0.706. The zero-order valence-corrected chi connectivity index (χ0v) is 13.6. The second-order valence-electron chi connectivity index (χ2n) is 6.46. The monoisotopic (exact) mass is 318 g/mol. The van der Waals surface area contributed by atoms with Gasteiger partial charge in [-0.1, -0.05) is 25.7 Å². The van der Waals surface area contributed by atoms with E-state index in [0.717, 1.165) is 38.8 Å². The predicted molar refractivity (Wildman–Crippen MR) is 88.5 cm³/mol. The van der Waals surface area contributed by atoms with Crippen molar-refractivity contribution >= 4 is 11.7 Å². The number of nitrogens with one attached hydrogen (secondary N) is 2. The van der Waals surface area contributed by atoms with Crippen molar-refractivity contribution in [2.75, 3.05) is 18.5 Å². The molecule has 1 saturated carbocycles. The molecule has 1 aromatic rings. The number of rotatable bonds is 5. The van der Waals surface area contributed by atoms with E-state index in [9.17, 15) is 4.79 Å². The molecule has 2 N–H and O–H groups in total. The Morgan fingerprint density at radius 3 is 2.57 bits per heavy atom.